The highest BCUT2D eigenvalue weighted by Crippen LogP contribution is 2.48. The van der Waals surface area contributed by atoms with Crippen molar-refractivity contribution in [2.24, 2.45) is 7.05 Å². The zero-order valence-corrected chi connectivity index (χ0v) is 18.0. The Labute approximate surface area is 190 Å². The lowest BCUT2D eigenvalue weighted by atomic mass is 9.75. The Morgan fingerprint density at radius 3 is 2.55 bits per heavy atom. The molecule has 0 radical (unpaired) electrons. The molecule has 2 aliphatic rings. The van der Waals surface area contributed by atoms with Gasteiger partial charge < -0.3 is 9.80 Å². The number of carbonyl (C=O) groups is 1. The molecule has 8 heteroatoms. The van der Waals surface area contributed by atoms with Gasteiger partial charge in [0.2, 0.25) is 11.9 Å². The normalized spacial score (nSPS) is 16.2. The van der Waals surface area contributed by atoms with Gasteiger partial charge >= 0.3 is 0 Å². The molecule has 1 fully saturated rings. The van der Waals surface area contributed by atoms with E-state index < -0.39 is 5.41 Å². The largest absolute Gasteiger partial charge is 0.338 e. The van der Waals surface area contributed by atoms with Crippen molar-refractivity contribution >= 4 is 17.5 Å². The van der Waals surface area contributed by atoms with E-state index in [1.807, 2.05) is 48.5 Å². The number of aromatic nitrogens is 4. The second-order valence-electron chi connectivity index (χ2n) is 8.60. The molecule has 2 aromatic carbocycles. The number of hydrogen-bond donors (Lipinski definition) is 0. The maximum Gasteiger partial charge on any atom is 0.241 e. The molecule has 0 N–H and O–H groups in total. The Bertz CT molecular complexity index is 1360. The standard InChI is InChI=1S/C25H21FN6O/c1-30-13-19(12-29-30)17-7-8-18(21(26)11-17)14-32-22-6-3-2-5-20(22)25(23(32)33)15-31(16-25)24-27-9-4-10-28-24/h2-13H,14-16H2,1H3. The van der Waals surface area contributed by atoms with Gasteiger partial charge in [0, 0.05) is 55.5 Å². The minimum Gasteiger partial charge on any atom is -0.338 e. The van der Waals surface area contributed by atoms with E-state index in [1.54, 1.807) is 40.3 Å². The summed E-state index contributed by atoms with van der Waals surface area (Å²) in [6, 6.07) is 14.7. The number of nitrogens with zero attached hydrogens (tertiary/aromatic N) is 6. The van der Waals surface area contributed by atoms with Crippen LogP contribution in [-0.2, 0) is 23.8 Å². The maximum atomic E-state index is 15.1. The molecule has 2 aliphatic heterocycles. The molecule has 0 atom stereocenters. The van der Waals surface area contributed by atoms with E-state index in [9.17, 15) is 4.79 Å². The third kappa shape index (κ3) is 3.01. The van der Waals surface area contributed by atoms with Gasteiger partial charge in [-0.05, 0) is 29.3 Å². The van der Waals surface area contributed by atoms with Crippen molar-refractivity contribution in [1.29, 1.82) is 0 Å². The fourth-order valence-corrected chi connectivity index (χ4v) is 4.86. The third-order valence-electron chi connectivity index (χ3n) is 6.54. The highest BCUT2D eigenvalue weighted by molar-refractivity contribution is 6.10. The first-order valence-electron chi connectivity index (χ1n) is 10.8. The van der Waals surface area contributed by atoms with E-state index in [-0.39, 0.29) is 18.3 Å². The van der Waals surface area contributed by atoms with Gasteiger partial charge in [0.15, 0.2) is 0 Å². The molecule has 0 aliphatic carbocycles. The van der Waals surface area contributed by atoms with Crippen LogP contribution in [-0.4, -0.2) is 38.7 Å². The zero-order valence-electron chi connectivity index (χ0n) is 18.0. The number of benzene rings is 2. The van der Waals surface area contributed by atoms with Crippen LogP contribution in [0.5, 0.6) is 0 Å². The number of para-hydroxylation sites is 1. The van der Waals surface area contributed by atoms with Gasteiger partial charge in [-0.3, -0.25) is 9.48 Å². The van der Waals surface area contributed by atoms with Crippen LogP contribution in [0, 0.1) is 5.82 Å². The molecule has 6 rings (SSSR count). The number of fused-ring (bicyclic) bond motifs is 2. The van der Waals surface area contributed by atoms with Crippen molar-refractivity contribution in [3.8, 4) is 11.1 Å². The number of aryl methyl sites for hydroxylation is 1. The second kappa shape index (κ2) is 7.23. The van der Waals surface area contributed by atoms with Crippen LogP contribution in [0.3, 0.4) is 0 Å². The summed E-state index contributed by atoms with van der Waals surface area (Å²) in [5.74, 6) is 0.269. The first kappa shape index (κ1) is 19.6. The summed E-state index contributed by atoms with van der Waals surface area (Å²) in [6.45, 7) is 1.19. The van der Waals surface area contributed by atoms with Crippen molar-refractivity contribution in [3.63, 3.8) is 0 Å². The predicted octanol–water partition coefficient (Wildman–Crippen LogP) is 3.32. The molecule has 4 aromatic rings. The summed E-state index contributed by atoms with van der Waals surface area (Å²) >= 11 is 0. The highest BCUT2D eigenvalue weighted by atomic mass is 19.1. The number of halogens is 1. The van der Waals surface area contributed by atoms with E-state index in [0.29, 0.717) is 24.6 Å². The van der Waals surface area contributed by atoms with Crippen molar-refractivity contribution in [2.75, 3.05) is 22.9 Å². The third-order valence-corrected chi connectivity index (χ3v) is 6.54. The highest BCUT2D eigenvalue weighted by Gasteiger charge is 2.58. The van der Waals surface area contributed by atoms with Gasteiger partial charge in [-0.2, -0.15) is 5.10 Å². The Hall–Kier alpha value is -4.07. The molecule has 2 aromatic heterocycles. The Morgan fingerprint density at radius 1 is 1.03 bits per heavy atom. The van der Waals surface area contributed by atoms with Crippen molar-refractivity contribution < 1.29 is 9.18 Å². The number of hydrogen-bond acceptors (Lipinski definition) is 5. The van der Waals surface area contributed by atoms with Crippen LogP contribution in [0.15, 0.2) is 73.3 Å². The fraction of sp³-hybridized carbons (Fsp3) is 0.200. The minimum absolute atomic E-state index is 0.00776. The van der Waals surface area contributed by atoms with Crippen LogP contribution in [0.1, 0.15) is 11.1 Å². The topological polar surface area (TPSA) is 67.2 Å². The van der Waals surface area contributed by atoms with Crippen LogP contribution in [0.2, 0.25) is 0 Å². The lowest BCUT2D eigenvalue weighted by Gasteiger charge is -2.46. The molecular weight excluding hydrogens is 419 g/mol. The Kier molecular flexibility index (Phi) is 4.29. The zero-order chi connectivity index (χ0) is 22.6. The molecule has 1 amide bonds. The van der Waals surface area contributed by atoms with Gasteiger partial charge in [0.1, 0.15) is 11.2 Å². The molecule has 4 heterocycles. The molecule has 33 heavy (non-hydrogen) atoms. The maximum absolute atomic E-state index is 15.1. The van der Waals surface area contributed by atoms with Gasteiger partial charge in [0.05, 0.1) is 12.7 Å². The average molecular weight is 440 g/mol. The van der Waals surface area contributed by atoms with E-state index in [0.717, 1.165) is 22.4 Å². The Morgan fingerprint density at radius 2 is 1.82 bits per heavy atom. The number of amides is 1. The summed E-state index contributed by atoms with van der Waals surface area (Å²) in [5.41, 5.74) is 3.25. The second-order valence-corrected chi connectivity index (χ2v) is 8.60. The number of anilines is 2. The molecule has 1 saturated heterocycles. The lowest BCUT2D eigenvalue weighted by molar-refractivity contribution is -0.124. The molecule has 7 nitrogen and oxygen atoms in total. The van der Waals surface area contributed by atoms with Crippen molar-refractivity contribution in [2.45, 2.75) is 12.0 Å². The molecule has 0 bridgehead atoms. The predicted molar refractivity (Wildman–Crippen MR) is 122 cm³/mol. The smallest absolute Gasteiger partial charge is 0.241 e. The van der Waals surface area contributed by atoms with E-state index in [4.69, 9.17) is 0 Å². The monoisotopic (exact) mass is 440 g/mol. The van der Waals surface area contributed by atoms with Crippen molar-refractivity contribution in [1.82, 2.24) is 19.7 Å². The summed E-state index contributed by atoms with van der Waals surface area (Å²) in [7, 11) is 1.83. The summed E-state index contributed by atoms with van der Waals surface area (Å²) in [5, 5.41) is 4.15. The molecular formula is C25H21FN6O. The van der Waals surface area contributed by atoms with Crippen LogP contribution in [0.4, 0.5) is 16.0 Å². The first-order valence-corrected chi connectivity index (χ1v) is 10.8. The summed E-state index contributed by atoms with van der Waals surface area (Å²) in [4.78, 5) is 26.0. The molecule has 0 unspecified atom stereocenters. The molecule has 164 valence electrons. The first-order chi connectivity index (χ1) is 16.0. The van der Waals surface area contributed by atoms with Crippen LogP contribution >= 0.6 is 0 Å². The van der Waals surface area contributed by atoms with Crippen LogP contribution in [0.25, 0.3) is 11.1 Å². The Balaban J connectivity index is 1.29. The average Bonchev–Trinajstić information content (AvgIpc) is 3.34. The van der Waals surface area contributed by atoms with E-state index in [1.165, 1.54) is 6.07 Å². The quantitative estimate of drug-likeness (QED) is 0.487. The SMILES string of the molecule is Cn1cc(-c2ccc(CN3C(=O)C4(CN(c5ncccn5)C4)c4ccccc43)c(F)c2)cn1. The fourth-order valence-electron chi connectivity index (χ4n) is 4.86. The summed E-state index contributed by atoms with van der Waals surface area (Å²) < 4.78 is 16.8. The van der Waals surface area contributed by atoms with Gasteiger partial charge in [-0.15, -0.1) is 0 Å². The van der Waals surface area contributed by atoms with E-state index in [2.05, 4.69) is 15.1 Å². The summed E-state index contributed by atoms with van der Waals surface area (Å²) in [6.07, 6.45) is 6.94. The minimum atomic E-state index is -0.651. The van der Waals surface area contributed by atoms with Gasteiger partial charge in [0.25, 0.3) is 0 Å². The molecule has 0 saturated carbocycles. The van der Waals surface area contributed by atoms with Crippen molar-refractivity contribution in [3.05, 3.63) is 90.3 Å². The van der Waals surface area contributed by atoms with Gasteiger partial charge in [-0.25, -0.2) is 14.4 Å². The number of carbonyl (C=O) groups excluding carboxylic acids is 1. The molecule has 1 spiro atoms. The van der Waals surface area contributed by atoms with E-state index >= 15 is 4.39 Å². The lowest BCUT2D eigenvalue weighted by Crippen LogP contribution is -2.64. The number of rotatable bonds is 4. The van der Waals surface area contributed by atoms with Gasteiger partial charge in [-0.1, -0.05) is 30.3 Å². The van der Waals surface area contributed by atoms with Crippen LogP contribution < -0.4 is 9.80 Å².